The van der Waals surface area contributed by atoms with Gasteiger partial charge in [-0.3, -0.25) is 4.79 Å². The van der Waals surface area contributed by atoms with Crippen LogP contribution >= 0.6 is 0 Å². The molecule has 2 nitrogen and oxygen atoms in total. The van der Waals surface area contributed by atoms with Gasteiger partial charge in [0.2, 0.25) is 0 Å². The van der Waals surface area contributed by atoms with Crippen LogP contribution in [0.15, 0.2) is 30.3 Å². The number of aliphatic carboxylic acids is 1. The summed E-state index contributed by atoms with van der Waals surface area (Å²) < 4.78 is 0. The van der Waals surface area contributed by atoms with Crippen molar-refractivity contribution in [1.29, 1.82) is 0 Å². The van der Waals surface area contributed by atoms with E-state index in [0.29, 0.717) is 0 Å². The zero-order chi connectivity index (χ0) is 14.4. The van der Waals surface area contributed by atoms with Crippen molar-refractivity contribution in [3.05, 3.63) is 35.9 Å². The number of hydrogen-bond donors (Lipinski definition) is 1. The normalized spacial score (nSPS) is 26.4. The molecule has 2 rings (SSSR count). The van der Waals surface area contributed by atoms with Crippen LogP contribution in [0.1, 0.15) is 57.4 Å². The maximum absolute atomic E-state index is 11.7. The number of benzene rings is 1. The van der Waals surface area contributed by atoms with E-state index in [1.807, 2.05) is 6.07 Å². The Balaban J connectivity index is 1.89. The van der Waals surface area contributed by atoms with E-state index < -0.39 is 11.4 Å². The molecule has 0 bridgehead atoms. The lowest BCUT2D eigenvalue weighted by Crippen LogP contribution is -2.35. The van der Waals surface area contributed by atoms with Gasteiger partial charge in [0.05, 0.1) is 5.41 Å². The van der Waals surface area contributed by atoms with Crippen molar-refractivity contribution in [1.82, 2.24) is 0 Å². The summed E-state index contributed by atoms with van der Waals surface area (Å²) in [5, 5.41) is 9.64. The van der Waals surface area contributed by atoms with Gasteiger partial charge in [0.1, 0.15) is 0 Å². The molecular weight excluding hydrogens is 248 g/mol. The molecule has 2 heteroatoms. The van der Waals surface area contributed by atoms with E-state index >= 15 is 0 Å². The van der Waals surface area contributed by atoms with Gasteiger partial charge in [0.25, 0.3) is 0 Å². The van der Waals surface area contributed by atoms with E-state index in [0.717, 1.165) is 50.9 Å². The Morgan fingerprint density at radius 3 is 2.45 bits per heavy atom. The van der Waals surface area contributed by atoms with Gasteiger partial charge in [-0.15, -0.1) is 0 Å². The quantitative estimate of drug-likeness (QED) is 0.817. The summed E-state index contributed by atoms with van der Waals surface area (Å²) >= 11 is 0. The van der Waals surface area contributed by atoms with Crippen LogP contribution in [0.25, 0.3) is 0 Å². The molecule has 0 aromatic heterocycles. The van der Waals surface area contributed by atoms with Gasteiger partial charge in [-0.05, 0) is 56.4 Å². The average molecular weight is 274 g/mol. The molecule has 0 amide bonds. The summed E-state index contributed by atoms with van der Waals surface area (Å²) in [6.45, 7) is 2.22. The van der Waals surface area contributed by atoms with E-state index in [9.17, 15) is 9.90 Å². The Morgan fingerprint density at radius 2 is 1.90 bits per heavy atom. The maximum atomic E-state index is 11.7. The highest BCUT2D eigenvalue weighted by molar-refractivity contribution is 5.74. The number of carboxylic acid groups (broad SMARTS) is 1. The molecule has 0 saturated heterocycles. The Bertz CT molecular complexity index is 416. The molecule has 0 unspecified atom stereocenters. The Morgan fingerprint density at radius 1 is 1.25 bits per heavy atom. The van der Waals surface area contributed by atoms with Crippen molar-refractivity contribution < 1.29 is 9.90 Å². The molecule has 1 aliphatic rings. The van der Waals surface area contributed by atoms with Gasteiger partial charge < -0.3 is 5.11 Å². The molecule has 0 aliphatic heterocycles. The van der Waals surface area contributed by atoms with Crippen LogP contribution in [0.5, 0.6) is 0 Å². The molecule has 1 aliphatic carbocycles. The first-order valence-corrected chi connectivity index (χ1v) is 7.93. The van der Waals surface area contributed by atoms with Gasteiger partial charge in [-0.1, -0.05) is 43.7 Å². The van der Waals surface area contributed by atoms with E-state index in [2.05, 4.69) is 31.2 Å². The second kappa shape index (κ2) is 6.92. The smallest absolute Gasteiger partial charge is 0.309 e. The lowest BCUT2D eigenvalue weighted by Gasteiger charge is -2.36. The second-order valence-electron chi connectivity index (χ2n) is 6.28. The minimum Gasteiger partial charge on any atom is -0.481 e. The van der Waals surface area contributed by atoms with Gasteiger partial charge in [0.15, 0.2) is 0 Å². The number of carboxylic acids is 1. The van der Waals surface area contributed by atoms with Crippen molar-refractivity contribution in [2.24, 2.45) is 11.3 Å². The minimum absolute atomic E-state index is 0.444. The van der Waals surface area contributed by atoms with Crippen LogP contribution in [-0.4, -0.2) is 11.1 Å². The van der Waals surface area contributed by atoms with Gasteiger partial charge >= 0.3 is 5.97 Å². The van der Waals surface area contributed by atoms with Crippen LogP contribution in [0, 0.1) is 11.3 Å². The molecule has 1 saturated carbocycles. The predicted molar refractivity (Wildman–Crippen MR) is 81.7 cm³/mol. The van der Waals surface area contributed by atoms with Crippen LogP contribution in [0.2, 0.25) is 0 Å². The molecule has 0 spiro atoms. The standard InChI is InChI=1S/C18H26O2/c1-2-15-10-13-18(14-11-15,17(19)20)12-6-9-16-7-4-3-5-8-16/h3-5,7-8,15H,2,6,9-14H2,1H3,(H,19,20). The Kier molecular flexibility index (Phi) is 5.22. The SMILES string of the molecule is CCC1CCC(CCCc2ccccc2)(C(=O)O)CC1. The third-order valence-corrected chi connectivity index (χ3v) is 5.06. The summed E-state index contributed by atoms with van der Waals surface area (Å²) in [7, 11) is 0. The lowest BCUT2D eigenvalue weighted by atomic mass is 9.67. The molecule has 0 heterocycles. The van der Waals surface area contributed by atoms with Crippen LogP contribution in [-0.2, 0) is 11.2 Å². The number of rotatable bonds is 6. The third kappa shape index (κ3) is 3.62. The van der Waals surface area contributed by atoms with E-state index in [-0.39, 0.29) is 0 Å². The summed E-state index contributed by atoms with van der Waals surface area (Å²) in [6, 6.07) is 10.4. The van der Waals surface area contributed by atoms with Crippen molar-refractivity contribution in [3.63, 3.8) is 0 Å². The fourth-order valence-corrected chi connectivity index (χ4v) is 3.48. The highest BCUT2D eigenvalue weighted by Gasteiger charge is 2.40. The lowest BCUT2D eigenvalue weighted by molar-refractivity contribution is -0.152. The van der Waals surface area contributed by atoms with Gasteiger partial charge in [-0.2, -0.15) is 0 Å². The molecule has 0 atom stereocenters. The van der Waals surface area contributed by atoms with Crippen LogP contribution < -0.4 is 0 Å². The summed E-state index contributed by atoms with van der Waals surface area (Å²) in [5.41, 5.74) is 0.871. The number of carbonyl (C=O) groups is 1. The van der Waals surface area contributed by atoms with E-state index in [1.54, 1.807) is 0 Å². The zero-order valence-electron chi connectivity index (χ0n) is 12.5. The molecule has 1 fully saturated rings. The van der Waals surface area contributed by atoms with E-state index in [1.165, 1.54) is 12.0 Å². The van der Waals surface area contributed by atoms with Crippen LogP contribution in [0.4, 0.5) is 0 Å². The molecule has 110 valence electrons. The van der Waals surface area contributed by atoms with Crippen LogP contribution in [0.3, 0.4) is 0 Å². The van der Waals surface area contributed by atoms with Crippen molar-refractivity contribution in [2.45, 2.75) is 58.3 Å². The Hall–Kier alpha value is -1.31. The first-order valence-electron chi connectivity index (χ1n) is 7.93. The zero-order valence-corrected chi connectivity index (χ0v) is 12.5. The van der Waals surface area contributed by atoms with Crippen molar-refractivity contribution >= 4 is 5.97 Å². The summed E-state index contributed by atoms with van der Waals surface area (Å²) in [5.74, 6) is 0.178. The molecule has 1 aromatic rings. The number of hydrogen-bond acceptors (Lipinski definition) is 1. The monoisotopic (exact) mass is 274 g/mol. The summed E-state index contributed by atoms with van der Waals surface area (Å²) in [4.78, 5) is 11.7. The topological polar surface area (TPSA) is 37.3 Å². The predicted octanol–water partition coefficient (Wildman–Crippen LogP) is 4.68. The number of aryl methyl sites for hydroxylation is 1. The molecule has 1 N–H and O–H groups in total. The molecule has 0 radical (unpaired) electrons. The molecule has 20 heavy (non-hydrogen) atoms. The Labute approximate surface area is 122 Å². The fourth-order valence-electron chi connectivity index (χ4n) is 3.48. The first kappa shape index (κ1) is 15.1. The molecular formula is C18H26O2. The fraction of sp³-hybridized carbons (Fsp3) is 0.611. The van der Waals surface area contributed by atoms with Gasteiger partial charge in [-0.25, -0.2) is 0 Å². The van der Waals surface area contributed by atoms with Crippen molar-refractivity contribution in [3.8, 4) is 0 Å². The van der Waals surface area contributed by atoms with Gasteiger partial charge in [0, 0.05) is 0 Å². The summed E-state index contributed by atoms with van der Waals surface area (Å²) in [6.07, 6.45) is 7.92. The molecule has 1 aromatic carbocycles. The first-order chi connectivity index (χ1) is 9.66. The second-order valence-corrected chi connectivity index (χ2v) is 6.28. The third-order valence-electron chi connectivity index (χ3n) is 5.06. The highest BCUT2D eigenvalue weighted by Crippen LogP contribution is 2.43. The maximum Gasteiger partial charge on any atom is 0.309 e. The average Bonchev–Trinajstić information content (AvgIpc) is 2.49. The van der Waals surface area contributed by atoms with E-state index in [4.69, 9.17) is 0 Å². The minimum atomic E-state index is -0.569. The van der Waals surface area contributed by atoms with Crippen molar-refractivity contribution in [2.75, 3.05) is 0 Å². The highest BCUT2D eigenvalue weighted by atomic mass is 16.4. The largest absolute Gasteiger partial charge is 0.481 e.